The molecule has 0 amide bonds. The summed E-state index contributed by atoms with van der Waals surface area (Å²) in [5.74, 6) is -0.0848. The Labute approximate surface area is 140 Å². The van der Waals surface area contributed by atoms with Crippen molar-refractivity contribution in [3.8, 4) is 11.5 Å². The van der Waals surface area contributed by atoms with Gasteiger partial charge in [-0.2, -0.15) is 0 Å². The van der Waals surface area contributed by atoms with Gasteiger partial charge < -0.3 is 14.6 Å². The SMILES string of the molecule is O=Cc1cc([N+](=O)[O-])ccc1OCOCc1cc([N+](=O)[O-])ccc1O. The first-order valence-corrected chi connectivity index (χ1v) is 6.83. The summed E-state index contributed by atoms with van der Waals surface area (Å²) >= 11 is 0. The van der Waals surface area contributed by atoms with Gasteiger partial charge in [-0.25, -0.2) is 0 Å². The smallest absolute Gasteiger partial charge is 0.270 e. The van der Waals surface area contributed by atoms with E-state index in [1.165, 1.54) is 18.2 Å². The normalized spacial score (nSPS) is 10.2. The van der Waals surface area contributed by atoms with Gasteiger partial charge in [-0.3, -0.25) is 25.0 Å². The number of phenolic OH excluding ortho intramolecular Hbond substituents is 1. The summed E-state index contributed by atoms with van der Waals surface area (Å²) in [6.45, 7) is -0.502. The summed E-state index contributed by atoms with van der Waals surface area (Å²) in [4.78, 5) is 31.1. The van der Waals surface area contributed by atoms with Crippen molar-refractivity contribution in [3.63, 3.8) is 0 Å². The van der Waals surface area contributed by atoms with Crippen LogP contribution in [0.25, 0.3) is 0 Å². The van der Waals surface area contributed by atoms with E-state index in [2.05, 4.69) is 0 Å². The quantitative estimate of drug-likeness (QED) is 0.252. The van der Waals surface area contributed by atoms with Crippen LogP contribution in [-0.4, -0.2) is 28.0 Å². The number of nitro groups is 2. The number of aldehydes is 1. The van der Waals surface area contributed by atoms with Crippen molar-refractivity contribution in [1.29, 1.82) is 0 Å². The number of benzene rings is 2. The number of hydrogen-bond donors (Lipinski definition) is 1. The van der Waals surface area contributed by atoms with Gasteiger partial charge >= 0.3 is 0 Å². The van der Waals surface area contributed by atoms with Gasteiger partial charge in [0.2, 0.25) is 0 Å². The van der Waals surface area contributed by atoms with Crippen molar-refractivity contribution < 1.29 is 29.2 Å². The Morgan fingerprint density at radius 1 is 1.04 bits per heavy atom. The minimum atomic E-state index is -0.641. The molecule has 0 aromatic heterocycles. The number of carbonyl (C=O) groups is 1. The molecule has 1 N–H and O–H groups in total. The molecule has 0 unspecified atom stereocenters. The van der Waals surface area contributed by atoms with Gasteiger partial charge in [0, 0.05) is 29.8 Å². The maximum absolute atomic E-state index is 11.0. The van der Waals surface area contributed by atoms with Crippen LogP contribution in [0.15, 0.2) is 36.4 Å². The number of ether oxygens (including phenoxy) is 2. The Balaban J connectivity index is 1.98. The number of aromatic hydroxyl groups is 1. The second kappa shape index (κ2) is 7.84. The fourth-order valence-corrected chi connectivity index (χ4v) is 1.93. The lowest BCUT2D eigenvalue weighted by Gasteiger charge is -2.09. The molecule has 0 spiro atoms. The van der Waals surface area contributed by atoms with E-state index in [4.69, 9.17) is 9.47 Å². The molecule has 0 saturated heterocycles. The van der Waals surface area contributed by atoms with Gasteiger partial charge in [-0.05, 0) is 12.1 Å². The average Bonchev–Trinajstić information content (AvgIpc) is 2.59. The van der Waals surface area contributed by atoms with Gasteiger partial charge in [-0.15, -0.1) is 0 Å². The molecular weight excluding hydrogens is 336 g/mol. The van der Waals surface area contributed by atoms with Gasteiger partial charge in [0.1, 0.15) is 11.5 Å². The molecule has 0 bridgehead atoms. The van der Waals surface area contributed by atoms with E-state index in [1.807, 2.05) is 0 Å². The summed E-state index contributed by atoms with van der Waals surface area (Å²) in [6.07, 6.45) is 0.411. The molecule has 2 rings (SSSR count). The Bertz CT molecular complexity index is 821. The molecule has 10 heteroatoms. The highest BCUT2D eigenvalue weighted by Gasteiger charge is 2.12. The highest BCUT2D eigenvalue weighted by molar-refractivity contribution is 5.80. The molecule has 0 atom stereocenters. The number of phenols is 1. The summed E-state index contributed by atoms with van der Waals surface area (Å²) in [5, 5.41) is 31.0. The monoisotopic (exact) mass is 348 g/mol. The maximum Gasteiger partial charge on any atom is 0.270 e. The molecule has 0 aliphatic carbocycles. The zero-order valence-corrected chi connectivity index (χ0v) is 12.7. The highest BCUT2D eigenvalue weighted by Crippen LogP contribution is 2.25. The molecule has 0 aliphatic heterocycles. The van der Waals surface area contributed by atoms with Gasteiger partial charge in [-0.1, -0.05) is 0 Å². The first-order chi connectivity index (χ1) is 11.9. The van der Waals surface area contributed by atoms with E-state index < -0.39 is 9.85 Å². The maximum atomic E-state index is 11.0. The minimum Gasteiger partial charge on any atom is -0.508 e. The lowest BCUT2D eigenvalue weighted by Crippen LogP contribution is -2.05. The van der Waals surface area contributed by atoms with Crippen molar-refractivity contribution in [2.24, 2.45) is 0 Å². The largest absolute Gasteiger partial charge is 0.508 e. The lowest BCUT2D eigenvalue weighted by atomic mass is 10.2. The molecular formula is C15H12N2O8. The fourth-order valence-electron chi connectivity index (χ4n) is 1.93. The number of nitrogens with zero attached hydrogens (tertiary/aromatic N) is 2. The predicted octanol–water partition coefficient (Wildman–Crippen LogP) is 2.57. The average molecular weight is 348 g/mol. The number of non-ortho nitro benzene ring substituents is 2. The van der Waals surface area contributed by atoms with Crippen LogP contribution in [0.4, 0.5) is 11.4 Å². The Kier molecular flexibility index (Phi) is 5.58. The molecule has 0 aliphatic rings. The molecule has 130 valence electrons. The van der Waals surface area contributed by atoms with Crippen LogP contribution < -0.4 is 4.74 Å². The Hall–Kier alpha value is -3.53. The topological polar surface area (TPSA) is 142 Å². The van der Waals surface area contributed by atoms with Crippen LogP contribution in [-0.2, 0) is 11.3 Å². The first-order valence-electron chi connectivity index (χ1n) is 6.83. The van der Waals surface area contributed by atoms with Crippen molar-refractivity contribution in [2.45, 2.75) is 6.61 Å². The molecule has 25 heavy (non-hydrogen) atoms. The standard InChI is InChI=1S/C15H12N2O8/c18-7-10-5-13(17(22)23)2-4-15(10)25-9-24-8-11-6-12(16(20)21)1-3-14(11)19/h1-7,19H,8-9H2. The highest BCUT2D eigenvalue weighted by atomic mass is 16.7. The first kappa shape index (κ1) is 17.8. The fraction of sp³-hybridized carbons (Fsp3) is 0.133. The van der Waals surface area contributed by atoms with Crippen LogP contribution in [0.1, 0.15) is 15.9 Å². The van der Waals surface area contributed by atoms with E-state index >= 15 is 0 Å². The lowest BCUT2D eigenvalue weighted by molar-refractivity contribution is -0.385. The van der Waals surface area contributed by atoms with E-state index in [-0.39, 0.29) is 47.4 Å². The van der Waals surface area contributed by atoms with Crippen molar-refractivity contribution in [2.75, 3.05) is 6.79 Å². The van der Waals surface area contributed by atoms with Crippen molar-refractivity contribution in [3.05, 3.63) is 67.8 Å². The van der Waals surface area contributed by atoms with Crippen molar-refractivity contribution >= 4 is 17.7 Å². The predicted molar refractivity (Wildman–Crippen MR) is 83.5 cm³/mol. The van der Waals surface area contributed by atoms with Gasteiger partial charge in [0.15, 0.2) is 13.1 Å². The van der Waals surface area contributed by atoms with E-state index in [9.17, 15) is 30.1 Å². The Morgan fingerprint density at radius 2 is 1.68 bits per heavy atom. The molecule has 2 aromatic rings. The number of nitro benzene ring substituents is 2. The second-order valence-electron chi connectivity index (χ2n) is 4.78. The number of carbonyl (C=O) groups excluding carboxylic acids is 1. The third-order valence-electron chi connectivity index (χ3n) is 3.16. The zero-order valence-electron chi connectivity index (χ0n) is 12.7. The van der Waals surface area contributed by atoms with Gasteiger partial charge in [0.05, 0.1) is 22.0 Å². The summed E-state index contributed by atoms with van der Waals surface area (Å²) in [5.41, 5.74) is -0.277. The van der Waals surface area contributed by atoms with Gasteiger partial charge in [0.25, 0.3) is 11.4 Å². The van der Waals surface area contributed by atoms with Crippen molar-refractivity contribution in [1.82, 2.24) is 0 Å². The third kappa shape index (κ3) is 4.48. The van der Waals surface area contributed by atoms with Crippen LogP contribution >= 0.6 is 0 Å². The molecule has 0 heterocycles. The minimum absolute atomic E-state index is 0.0176. The Morgan fingerprint density at radius 3 is 2.32 bits per heavy atom. The summed E-state index contributed by atoms with van der Waals surface area (Å²) in [6, 6.07) is 7.00. The van der Waals surface area contributed by atoms with Crippen LogP contribution in [0, 0.1) is 20.2 Å². The zero-order chi connectivity index (χ0) is 18.4. The third-order valence-corrected chi connectivity index (χ3v) is 3.16. The van der Waals surface area contributed by atoms with E-state index in [0.717, 1.165) is 18.2 Å². The van der Waals surface area contributed by atoms with Crippen LogP contribution in [0.3, 0.4) is 0 Å². The molecule has 0 fully saturated rings. The molecule has 10 nitrogen and oxygen atoms in total. The summed E-state index contributed by atoms with van der Waals surface area (Å²) < 4.78 is 10.4. The number of hydrogen-bond acceptors (Lipinski definition) is 8. The molecule has 0 radical (unpaired) electrons. The molecule has 2 aromatic carbocycles. The van der Waals surface area contributed by atoms with Crippen LogP contribution in [0.2, 0.25) is 0 Å². The number of rotatable bonds is 8. The second-order valence-corrected chi connectivity index (χ2v) is 4.78. The van der Waals surface area contributed by atoms with Crippen LogP contribution in [0.5, 0.6) is 11.5 Å². The van der Waals surface area contributed by atoms with E-state index in [0.29, 0.717) is 6.29 Å². The molecule has 0 saturated carbocycles. The van der Waals surface area contributed by atoms with E-state index in [1.54, 1.807) is 0 Å². The summed E-state index contributed by atoms with van der Waals surface area (Å²) in [7, 11) is 0.